The summed E-state index contributed by atoms with van der Waals surface area (Å²) >= 11 is 0. The van der Waals surface area contributed by atoms with E-state index in [1.165, 1.54) is 18.4 Å². The van der Waals surface area contributed by atoms with Gasteiger partial charge in [0.05, 0.1) is 30.5 Å². The molecule has 1 aromatic heterocycles. The Labute approximate surface area is 129 Å². The summed E-state index contributed by atoms with van der Waals surface area (Å²) < 4.78 is 43.5. The van der Waals surface area contributed by atoms with Crippen molar-refractivity contribution in [3.8, 4) is 0 Å². The van der Waals surface area contributed by atoms with E-state index < -0.39 is 35.7 Å². The highest BCUT2D eigenvalue weighted by Gasteiger charge is 2.34. The molecule has 23 heavy (non-hydrogen) atoms. The molecule has 0 saturated heterocycles. The SMILES string of the molecule is O=C(CNC(=O)c1ccccc1C(F)(F)F)NCc1ccco1. The molecule has 0 saturated carbocycles. The smallest absolute Gasteiger partial charge is 0.417 e. The van der Waals surface area contributed by atoms with Crippen molar-refractivity contribution in [2.75, 3.05) is 6.54 Å². The molecule has 1 heterocycles. The van der Waals surface area contributed by atoms with Crippen LogP contribution in [0.1, 0.15) is 21.7 Å². The van der Waals surface area contributed by atoms with E-state index in [4.69, 9.17) is 4.42 Å². The lowest BCUT2D eigenvalue weighted by molar-refractivity contribution is -0.137. The summed E-state index contributed by atoms with van der Waals surface area (Å²) in [5.74, 6) is -0.989. The van der Waals surface area contributed by atoms with Crippen molar-refractivity contribution >= 4 is 11.8 Å². The summed E-state index contributed by atoms with van der Waals surface area (Å²) in [5, 5.41) is 4.63. The molecule has 0 spiro atoms. The molecule has 122 valence electrons. The lowest BCUT2D eigenvalue weighted by atomic mass is 10.1. The van der Waals surface area contributed by atoms with Gasteiger partial charge in [0.15, 0.2) is 0 Å². The van der Waals surface area contributed by atoms with E-state index in [9.17, 15) is 22.8 Å². The first kappa shape index (κ1) is 16.6. The average Bonchev–Trinajstić information content (AvgIpc) is 3.03. The molecular formula is C15H13F3N2O3. The van der Waals surface area contributed by atoms with Gasteiger partial charge in [-0.2, -0.15) is 13.2 Å². The lowest BCUT2D eigenvalue weighted by Gasteiger charge is -2.12. The van der Waals surface area contributed by atoms with Gasteiger partial charge in [-0.3, -0.25) is 9.59 Å². The minimum Gasteiger partial charge on any atom is -0.467 e. The molecule has 0 aliphatic heterocycles. The number of amides is 2. The lowest BCUT2D eigenvalue weighted by Crippen LogP contribution is -2.37. The van der Waals surface area contributed by atoms with Crippen LogP contribution < -0.4 is 10.6 Å². The average molecular weight is 326 g/mol. The summed E-state index contributed by atoms with van der Waals surface area (Å²) in [6.45, 7) is -0.313. The van der Waals surface area contributed by atoms with E-state index in [0.717, 1.165) is 12.1 Å². The Morgan fingerprint density at radius 1 is 1.04 bits per heavy atom. The Morgan fingerprint density at radius 3 is 2.43 bits per heavy atom. The van der Waals surface area contributed by atoms with Crippen molar-refractivity contribution < 1.29 is 27.2 Å². The van der Waals surface area contributed by atoms with Gasteiger partial charge < -0.3 is 15.1 Å². The molecule has 2 rings (SSSR count). The second-order valence-electron chi connectivity index (χ2n) is 4.58. The van der Waals surface area contributed by atoms with E-state index in [2.05, 4.69) is 10.6 Å². The van der Waals surface area contributed by atoms with E-state index >= 15 is 0 Å². The largest absolute Gasteiger partial charge is 0.467 e. The molecule has 2 amide bonds. The van der Waals surface area contributed by atoms with Gasteiger partial charge in [0.1, 0.15) is 5.76 Å². The molecule has 1 aromatic carbocycles. The Balaban J connectivity index is 1.91. The van der Waals surface area contributed by atoms with Crippen LogP contribution in [0.15, 0.2) is 47.1 Å². The van der Waals surface area contributed by atoms with E-state index in [-0.39, 0.29) is 6.54 Å². The second-order valence-corrected chi connectivity index (χ2v) is 4.58. The van der Waals surface area contributed by atoms with Crippen LogP contribution >= 0.6 is 0 Å². The summed E-state index contributed by atoms with van der Waals surface area (Å²) in [7, 11) is 0. The molecule has 0 aliphatic rings. The molecule has 0 bridgehead atoms. The molecule has 2 aromatic rings. The van der Waals surface area contributed by atoms with Gasteiger partial charge in [-0.25, -0.2) is 0 Å². The normalized spacial score (nSPS) is 11.1. The maximum atomic E-state index is 12.8. The third kappa shape index (κ3) is 4.60. The molecule has 0 unspecified atom stereocenters. The van der Waals surface area contributed by atoms with Crippen LogP contribution in [0.2, 0.25) is 0 Å². The maximum Gasteiger partial charge on any atom is 0.417 e. The number of halogens is 3. The number of benzene rings is 1. The molecule has 0 atom stereocenters. The van der Waals surface area contributed by atoms with Crippen molar-refractivity contribution in [2.24, 2.45) is 0 Å². The number of nitrogens with one attached hydrogen (secondary N) is 2. The summed E-state index contributed by atoms with van der Waals surface area (Å²) in [4.78, 5) is 23.4. The Bertz CT molecular complexity index is 682. The van der Waals surface area contributed by atoms with Crippen molar-refractivity contribution in [1.29, 1.82) is 0 Å². The highest BCUT2D eigenvalue weighted by atomic mass is 19.4. The number of rotatable bonds is 5. The Morgan fingerprint density at radius 2 is 1.78 bits per heavy atom. The van der Waals surface area contributed by atoms with Crippen molar-refractivity contribution in [2.45, 2.75) is 12.7 Å². The fourth-order valence-electron chi connectivity index (χ4n) is 1.85. The monoisotopic (exact) mass is 326 g/mol. The summed E-state index contributed by atoms with van der Waals surface area (Å²) in [5.41, 5.74) is -1.58. The van der Waals surface area contributed by atoms with Crippen LogP contribution in [0.3, 0.4) is 0 Å². The van der Waals surface area contributed by atoms with E-state index in [1.807, 2.05) is 0 Å². The fourth-order valence-corrected chi connectivity index (χ4v) is 1.85. The highest BCUT2D eigenvalue weighted by Crippen LogP contribution is 2.31. The number of hydrogen-bond donors (Lipinski definition) is 2. The maximum absolute atomic E-state index is 12.8. The quantitative estimate of drug-likeness (QED) is 0.886. The number of carbonyl (C=O) groups excluding carboxylic acids is 2. The van der Waals surface area contributed by atoms with Crippen LogP contribution in [0, 0.1) is 0 Å². The summed E-state index contributed by atoms with van der Waals surface area (Å²) in [6.07, 6.45) is -3.20. The number of carbonyl (C=O) groups is 2. The number of furan rings is 1. The summed E-state index contributed by atoms with van der Waals surface area (Å²) in [6, 6.07) is 7.68. The van der Waals surface area contributed by atoms with Gasteiger partial charge in [0.25, 0.3) is 5.91 Å². The molecule has 0 aliphatic carbocycles. The van der Waals surface area contributed by atoms with Gasteiger partial charge in [-0.05, 0) is 24.3 Å². The minimum absolute atomic E-state index is 0.126. The Hall–Kier alpha value is -2.77. The predicted octanol–water partition coefficient (Wildman–Crippen LogP) is 2.34. The third-order valence-electron chi connectivity index (χ3n) is 2.93. The first-order chi connectivity index (χ1) is 10.9. The molecule has 0 fully saturated rings. The van der Waals surface area contributed by atoms with Crippen LogP contribution in [0.5, 0.6) is 0 Å². The van der Waals surface area contributed by atoms with Crippen LogP contribution in [0.25, 0.3) is 0 Å². The standard InChI is InChI=1S/C15H13F3N2O3/c16-15(17,18)12-6-2-1-5-11(12)14(22)20-9-13(21)19-8-10-4-3-7-23-10/h1-7H,8-9H2,(H,19,21)(H,20,22). The van der Waals surface area contributed by atoms with Crippen LogP contribution in [-0.2, 0) is 17.5 Å². The molecule has 0 radical (unpaired) electrons. The van der Waals surface area contributed by atoms with E-state index in [1.54, 1.807) is 12.1 Å². The first-order valence-electron chi connectivity index (χ1n) is 6.61. The van der Waals surface area contributed by atoms with Crippen LogP contribution in [-0.4, -0.2) is 18.4 Å². The molecule has 8 heteroatoms. The zero-order valence-electron chi connectivity index (χ0n) is 11.8. The van der Waals surface area contributed by atoms with Crippen molar-refractivity contribution in [1.82, 2.24) is 10.6 Å². The third-order valence-corrected chi connectivity index (χ3v) is 2.93. The Kier molecular flexibility index (Phi) is 5.05. The van der Waals surface area contributed by atoms with Crippen molar-refractivity contribution in [3.05, 3.63) is 59.5 Å². The molecule has 5 nitrogen and oxygen atoms in total. The van der Waals surface area contributed by atoms with Gasteiger partial charge in [0, 0.05) is 0 Å². The number of alkyl halides is 3. The van der Waals surface area contributed by atoms with Crippen LogP contribution in [0.4, 0.5) is 13.2 Å². The zero-order valence-corrected chi connectivity index (χ0v) is 11.8. The highest BCUT2D eigenvalue weighted by molar-refractivity contribution is 5.97. The van der Waals surface area contributed by atoms with Gasteiger partial charge >= 0.3 is 6.18 Å². The van der Waals surface area contributed by atoms with Gasteiger partial charge in [0.2, 0.25) is 5.91 Å². The first-order valence-corrected chi connectivity index (χ1v) is 6.61. The molecular weight excluding hydrogens is 313 g/mol. The number of hydrogen-bond acceptors (Lipinski definition) is 3. The van der Waals surface area contributed by atoms with Crippen molar-refractivity contribution in [3.63, 3.8) is 0 Å². The predicted molar refractivity (Wildman–Crippen MR) is 74.3 cm³/mol. The fraction of sp³-hybridized carbons (Fsp3) is 0.200. The minimum atomic E-state index is -4.64. The molecule has 2 N–H and O–H groups in total. The topological polar surface area (TPSA) is 71.3 Å². The van der Waals surface area contributed by atoms with E-state index in [0.29, 0.717) is 5.76 Å². The second kappa shape index (κ2) is 6.99. The van der Waals surface area contributed by atoms with Gasteiger partial charge in [-0.1, -0.05) is 12.1 Å². The van der Waals surface area contributed by atoms with Gasteiger partial charge in [-0.15, -0.1) is 0 Å². The zero-order chi connectivity index (χ0) is 16.9.